The van der Waals surface area contributed by atoms with Crippen molar-refractivity contribution in [1.29, 1.82) is 0 Å². The zero-order chi connectivity index (χ0) is 17.2. The zero-order valence-electron chi connectivity index (χ0n) is 13.5. The summed E-state index contributed by atoms with van der Waals surface area (Å²) in [6.45, 7) is 3.40. The van der Waals surface area contributed by atoms with Crippen molar-refractivity contribution >= 4 is 35.0 Å². The van der Waals surface area contributed by atoms with Crippen LogP contribution in [0.25, 0.3) is 0 Å². The first kappa shape index (κ1) is 16.4. The molecule has 1 aliphatic rings. The van der Waals surface area contributed by atoms with Gasteiger partial charge in [-0.1, -0.05) is 18.2 Å². The number of thioether (sulfide) groups is 1. The second kappa shape index (κ2) is 6.57. The first-order chi connectivity index (χ1) is 11.4. The Bertz CT molecular complexity index is 775. The van der Waals surface area contributed by atoms with E-state index in [1.807, 2.05) is 30.3 Å². The molecule has 0 spiro atoms. The third-order valence-electron chi connectivity index (χ3n) is 3.54. The monoisotopic (exact) mass is 342 g/mol. The number of nitrogens with one attached hydrogen (secondary N) is 2. The van der Waals surface area contributed by atoms with Crippen LogP contribution in [0.4, 0.5) is 11.4 Å². The van der Waals surface area contributed by atoms with E-state index in [2.05, 4.69) is 10.6 Å². The smallest absolute Gasteiger partial charge is 0.268 e. The van der Waals surface area contributed by atoms with Gasteiger partial charge in [0.1, 0.15) is 5.75 Å². The second-order valence-electron chi connectivity index (χ2n) is 5.93. The van der Waals surface area contributed by atoms with Gasteiger partial charge < -0.3 is 15.4 Å². The fourth-order valence-corrected chi connectivity index (χ4v) is 2.96. The van der Waals surface area contributed by atoms with E-state index in [0.29, 0.717) is 22.9 Å². The lowest BCUT2D eigenvalue weighted by Crippen LogP contribution is -2.45. The summed E-state index contributed by atoms with van der Waals surface area (Å²) in [6, 6.07) is 15.0. The molecule has 5 nitrogen and oxygen atoms in total. The predicted molar refractivity (Wildman–Crippen MR) is 95.6 cm³/mol. The van der Waals surface area contributed by atoms with Crippen LogP contribution in [0.1, 0.15) is 13.8 Å². The molecule has 24 heavy (non-hydrogen) atoms. The largest absolute Gasteiger partial charge is 0.476 e. The number of carbonyl (C=O) groups is 2. The molecule has 0 saturated heterocycles. The van der Waals surface area contributed by atoms with Crippen molar-refractivity contribution in [1.82, 2.24) is 0 Å². The molecule has 124 valence electrons. The minimum absolute atomic E-state index is 0.0945. The second-order valence-corrected chi connectivity index (χ2v) is 6.98. The molecular formula is C18H18N2O3S. The molecule has 0 aliphatic carbocycles. The molecule has 0 aromatic heterocycles. The van der Waals surface area contributed by atoms with Gasteiger partial charge in [0, 0.05) is 16.6 Å². The van der Waals surface area contributed by atoms with E-state index in [-0.39, 0.29) is 11.8 Å². The SMILES string of the molecule is CC1(C)Oc2cc(NC(=O)CSc3ccccc3)ccc2NC1=O. The molecule has 0 radical (unpaired) electrons. The highest BCUT2D eigenvalue weighted by Gasteiger charge is 2.35. The highest BCUT2D eigenvalue weighted by Crippen LogP contribution is 2.35. The standard InChI is InChI=1S/C18H18N2O3S/c1-18(2)17(22)20-14-9-8-12(10-15(14)23-18)19-16(21)11-24-13-6-4-3-5-7-13/h3-10H,11H2,1-2H3,(H,19,21)(H,20,22). The van der Waals surface area contributed by atoms with Crippen LogP contribution in [-0.2, 0) is 9.59 Å². The van der Waals surface area contributed by atoms with Crippen LogP contribution in [0.3, 0.4) is 0 Å². The van der Waals surface area contributed by atoms with Gasteiger partial charge in [-0.3, -0.25) is 9.59 Å². The number of ether oxygens (including phenoxy) is 1. The highest BCUT2D eigenvalue weighted by molar-refractivity contribution is 8.00. The number of fused-ring (bicyclic) bond motifs is 1. The van der Waals surface area contributed by atoms with Gasteiger partial charge in [0.25, 0.3) is 5.91 Å². The molecule has 0 unspecified atom stereocenters. The van der Waals surface area contributed by atoms with E-state index in [9.17, 15) is 9.59 Å². The zero-order valence-corrected chi connectivity index (χ0v) is 14.3. The van der Waals surface area contributed by atoms with Gasteiger partial charge in [-0.05, 0) is 38.1 Å². The maximum Gasteiger partial charge on any atom is 0.268 e. The predicted octanol–water partition coefficient (Wildman–Crippen LogP) is 3.53. The molecule has 0 saturated carbocycles. The summed E-state index contributed by atoms with van der Waals surface area (Å²) < 4.78 is 5.71. The van der Waals surface area contributed by atoms with Crippen molar-refractivity contribution in [3.63, 3.8) is 0 Å². The minimum atomic E-state index is -0.932. The third kappa shape index (κ3) is 3.71. The molecule has 1 heterocycles. The number of hydrogen-bond donors (Lipinski definition) is 2. The maximum atomic E-state index is 12.1. The van der Waals surface area contributed by atoms with E-state index in [1.165, 1.54) is 11.8 Å². The Morgan fingerprint density at radius 3 is 2.71 bits per heavy atom. The van der Waals surface area contributed by atoms with Crippen LogP contribution in [0.2, 0.25) is 0 Å². The number of anilines is 2. The minimum Gasteiger partial charge on any atom is -0.476 e. The number of carbonyl (C=O) groups excluding carboxylic acids is 2. The van der Waals surface area contributed by atoms with Gasteiger partial charge in [0.2, 0.25) is 5.91 Å². The van der Waals surface area contributed by atoms with Crippen molar-refractivity contribution in [3.05, 3.63) is 48.5 Å². The molecule has 6 heteroatoms. The maximum absolute atomic E-state index is 12.1. The first-order valence-corrected chi connectivity index (χ1v) is 8.55. The van der Waals surface area contributed by atoms with Gasteiger partial charge in [-0.2, -0.15) is 0 Å². The molecule has 2 N–H and O–H groups in total. The number of benzene rings is 2. The molecule has 2 aromatic rings. The Balaban J connectivity index is 1.64. The Morgan fingerprint density at radius 2 is 1.96 bits per heavy atom. The molecule has 2 aromatic carbocycles. The van der Waals surface area contributed by atoms with Gasteiger partial charge in [-0.25, -0.2) is 0 Å². The Labute approximate surface area is 144 Å². The lowest BCUT2D eigenvalue weighted by molar-refractivity contribution is -0.129. The van der Waals surface area contributed by atoms with Crippen molar-refractivity contribution in [2.75, 3.05) is 16.4 Å². The quantitative estimate of drug-likeness (QED) is 0.834. The summed E-state index contributed by atoms with van der Waals surface area (Å²) in [6.07, 6.45) is 0. The molecule has 3 rings (SSSR count). The van der Waals surface area contributed by atoms with Gasteiger partial charge in [-0.15, -0.1) is 11.8 Å². The van der Waals surface area contributed by atoms with Crippen LogP contribution >= 0.6 is 11.8 Å². The van der Waals surface area contributed by atoms with Crippen LogP contribution in [0.15, 0.2) is 53.4 Å². The highest BCUT2D eigenvalue weighted by atomic mass is 32.2. The van der Waals surface area contributed by atoms with E-state index in [0.717, 1.165) is 4.90 Å². The Kier molecular flexibility index (Phi) is 4.49. The summed E-state index contributed by atoms with van der Waals surface area (Å²) in [7, 11) is 0. The van der Waals surface area contributed by atoms with Crippen molar-refractivity contribution in [3.8, 4) is 5.75 Å². The van der Waals surface area contributed by atoms with E-state index in [1.54, 1.807) is 32.0 Å². The van der Waals surface area contributed by atoms with E-state index >= 15 is 0 Å². The lowest BCUT2D eigenvalue weighted by Gasteiger charge is -2.31. The molecule has 0 bridgehead atoms. The molecule has 0 atom stereocenters. The summed E-state index contributed by atoms with van der Waals surface area (Å²) in [5, 5.41) is 5.64. The topological polar surface area (TPSA) is 67.4 Å². The third-order valence-corrected chi connectivity index (χ3v) is 4.55. The van der Waals surface area contributed by atoms with Crippen molar-refractivity contribution in [2.24, 2.45) is 0 Å². The molecule has 1 aliphatic heterocycles. The fraction of sp³-hybridized carbons (Fsp3) is 0.222. The number of rotatable bonds is 4. The fourth-order valence-electron chi connectivity index (χ4n) is 2.24. The molecule has 0 fully saturated rings. The van der Waals surface area contributed by atoms with Crippen molar-refractivity contribution < 1.29 is 14.3 Å². The van der Waals surface area contributed by atoms with Crippen molar-refractivity contribution in [2.45, 2.75) is 24.3 Å². The van der Waals surface area contributed by atoms with Crippen LogP contribution < -0.4 is 15.4 Å². The van der Waals surface area contributed by atoms with Gasteiger partial charge in [0.15, 0.2) is 5.60 Å². The van der Waals surface area contributed by atoms with E-state index in [4.69, 9.17) is 4.74 Å². The average Bonchev–Trinajstić information content (AvgIpc) is 2.55. The molecular weight excluding hydrogens is 324 g/mol. The van der Waals surface area contributed by atoms with Gasteiger partial charge >= 0.3 is 0 Å². The van der Waals surface area contributed by atoms with E-state index < -0.39 is 5.60 Å². The number of hydrogen-bond acceptors (Lipinski definition) is 4. The molecule has 2 amide bonds. The normalized spacial score (nSPS) is 15.0. The summed E-state index contributed by atoms with van der Waals surface area (Å²) in [4.78, 5) is 25.0. The Hall–Kier alpha value is -2.47. The average molecular weight is 342 g/mol. The van der Waals surface area contributed by atoms with Crippen LogP contribution in [0.5, 0.6) is 5.75 Å². The van der Waals surface area contributed by atoms with Crippen LogP contribution in [-0.4, -0.2) is 23.2 Å². The lowest BCUT2D eigenvalue weighted by atomic mass is 10.1. The van der Waals surface area contributed by atoms with Crippen LogP contribution in [0, 0.1) is 0 Å². The summed E-state index contributed by atoms with van der Waals surface area (Å²) in [5.41, 5.74) is 0.314. The summed E-state index contributed by atoms with van der Waals surface area (Å²) in [5.74, 6) is 0.589. The number of amides is 2. The Morgan fingerprint density at radius 1 is 1.21 bits per heavy atom. The first-order valence-electron chi connectivity index (χ1n) is 7.56. The summed E-state index contributed by atoms with van der Waals surface area (Å²) >= 11 is 1.48. The van der Waals surface area contributed by atoms with Gasteiger partial charge in [0.05, 0.1) is 11.4 Å².